The standard InChI is InChI=1S/C24H27N5OS/c1-15-19(17-4-5-17)14-20-21(25)22(31-24(20)28-15)23(30)27-9-8-16-2-6-18(7-3-16)29-12-10-26-11-13-29/h2-4,6-7,14,26H,5,8-13,25H2,1H3,(H,27,30). The highest BCUT2D eigenvalue weighted by atomic mass is 32.1. The second kappa shape index (κ2) is 8.32. The number of pyridine rings is 1. The van der Waals surface area contributed by atoms with E-state index in [0.717, 1.165) is 60.5 Å². The summed E-state index contributed by atoms with van der Waals surface area (Å²) < 4.78 is 0. The average Bonchev–Trinajstić information content (AvgIpc) is 3.58. The van der Waals surface area contributed by atoms with Crippen LogP contribution in [0.1, 0.15) is 32.9 Å². The van der Waals surface area contributed by atoms with Gasteiger partial charge in [0.15, 0.2) is 0 Å². The van der Waals surface area contributed by atoms with Crippen molar-refractivity contribution in [3.63, 3.8) is 0 Å². The third kappa shape index (κ3) is 4.16. The molecule has 1 amide bonds. The topological polar surface area (TPSA) is 83.3 Å². The molecular formula is C24H27N5OS. The zero-order valence-electron chi connectivity index (χ0n) is 17.7. The number of thiophene rings is 1. The van der Waals surface area contributed by atoms with Crippen molar-refractivity contribution in [3.8, 4) is 0 Å². The summed E-state index contributed by atoms with van der Waals surface area (Å²) in [6.45, 7) is 6.73. The highest BCUT2D eigenvalue weighted by Gasteiger charge is 2.21. The first-order valence-electron chi connectivity index (χ1n) is 10.8. The van der Waals surface area contributed by atoms with Gasteiger partial charge in [-0.3, -0.25) is 4.79 Å². The summed E-state index contributed by atoms with van der Waals surface area (Å²) in [7, 11) is 0. The number of allylic oxidation sites excluding steroid dienone is 2. The second-order valence-electron chi connectivity index (χ2n) is 8.16. The number of nitrogens with one attached hydrogen (secondary N) is 2. The molecule has 4 N–H and O–H groups in total. The molecule has 0 unspecified atom stereocenters. The van der Waals surface area contributed by atoms with Gasteiger partial charge >= 0.3 is 0 Å². The number of carbonyl (C=O) groups is 1. The number of amides is 1. The van der Waals surface area contributed by atoms with E-state index in [1.165, 1.54) is 28.2 Å². The fourth-order valence-corrected chi connectivity index (χ4v) is 5.13. The molecule has 5 rings (SSSR count). The number of rotatable bonds is 6. The predicted molar refractivity (Wildman–Crippen MR) is 129 cm³/mol. The third-order valence-electron chi connectivity index (χ3n) is 5.99. The lowest BCUT2D eigenvalue weighted by molar-refractivity contribution is 0.0959. The van der Waals surface area contributed by atoms with Gasteiger partial charge in [0.25, 0.3) is 5.91 Å². The Morgan fingerprint density at radius 1 is 1.26 bits per heavy atom. The van der Waals surface area contributed by atoms with Crippen LogP contribution < -0.4 is 21.3 Å². The van der Waals surface area contributed by atoms with Gasteiger partial charge in [0, 0.05) is 49.5 Å². The van der Waals surface area contributed by atoms with E-state index < -0.39 is 0 Å². The van der Waals surface area contributed by atoms with Crippen LogP contribution in [0.25, 0.3) is 15.8 Å². The molecule has 3 aromatic rings. The number of fused-ring (bicyclic) bond motifs is 1. The van der Waals surface area contributed by atoms with E-state index in [1.54, 1.807) is 0 Å². The van der Waals surface area contributed by atoms with Crippen molar-refractivity contribution in [1.29, 1.82) is 0 Å². The van der Waals surface area contributed by atoms with E-state index >= 15 is 0 Å². The lowest BCUT2D eigenvalue weighted by Gasteiger charge is -2.29. The molecule has 0 spiro atoms. The van der Waals surface area contributed by atoms with Crippen molar-refractivity contribution in [2.75, 3.05) is 43.4 Å². The van der Waals surface area contributed by atoms with Crippen LogP contribution in [-0.4, -0.2) is 43.6 Å². The summed E-state index contributed by atoms with van der Waals surface area (Å²) in [5, 5.41) is 7.28. The molecule has 3 heterocycles. The summed E-state index contributed by atoms with van der Waals surface area (Å²) in [6.07, 6.45) is 3.98. The largest absolute Gasteiger partial charge is 0.397 e. The molecule has 1 saturated heterocycles. The Morgan fingerprint density at radius 3 is 2.71 bits per heavy atom. The van der Waals surface area contributed by atoms with Crippen molar-refractivity contribution >= 4 is 44.4 Å². The SMILES string of the molecule is Cc1nc2sc(C(=O)NCCc3ccc(N4CCNCC4)cc3)c(N)c2cc1C1=CC1. The molecule has 0 saturated carbocycles. The Hall–Kier alpha value is -2.90. The van der Waals surface area contributed by atoms with Crippen LogP contribution in [0.5, 0.6) is 0 Å². The number of nitrogens with two attached hydrogens (primary N) is 1. The Labute approximate surface area is 186 Å². The summed E-state index contributed by atoms with van der Waals surface area (Å²) >= 11 is 1.37. The van der Waals surface area contributed by atoms with Gasteiger partial charge in [-0.2, -0.15) is 0 Å². The first-order valence-corrected chi connectivity index (χ1v) is 11.6. The molecule has 160 valence electrons. The monoisotopic (exact) mass is 433 g/mol. The predicted octanol–water partition coefficient (Wildman–Crippen LogP) is 3.36. The highest BCUT2D eigenvalue weighted by Crippen LogP contribution is 2.38. The van der Waals surface area contributed by atoms with Crippen LogP contribution in [0.4, 0.5) is 11.4 Å². The van der Waals surface area contributed by atoms with E-state index in [2.05, 4.69) is 56.9 Å². The number of nitrogen functional groups attached to an aromatic ring is 1. The van der Waals surface area contributed by atoms with Gasteiger partial charge in [0.2, 0.25) is 0 Å². The van der Waals surface area contributed by atoms with Crippen LogP contribution in [0.2, 0.25) is 0 Å². The van der Waals surface area contributed by atoms with E-state index in [4.69, 9.17) is 5.73 Å². The number of aromatic nitrogens is 1. The first-order chi connectivity index (χ1) is 15.1. The Balaban J connectivity index is 1.22. The number of anilines is 2. The maximum Gasteiger partial charge on any atom is 0.263 e. The van der Waals surface area contributed by atoms with E-state index in [-0.39, 0.29) is 5.91 Å². The smallest absolute Gasteiger partial charge is 0.263 e. The molecule has 31 heavy (non-hydrogen) atoms. The minimum absolute atomic E-state index is 0.122. The first kappa shape index (κ1) is 20.0. The van der Waals surface area contributed by atoms with E-state index in [0.29, 0.717) is 17.1 Å². The van der Waals surface area contributed by atoms with Crippen molar-refractivity contribution in [2.45, 2.75) is 19.8 Å². The maximum atomic E-state index is 12.8. The lowest BCUT2D eigenvalue weighted by atomic mass is 10.1. The van der Waals surface area contributed by atoms with Crippen molar-refractivity contribution < 1.29 is 4.79 Å². The fourth-order valence-electron chi connectivity index (χ4n) is 4.09. The molecule has 0 radical (unpaired) electrons. The molecule has 6 nitrogen and oxygen atoms in total. The quantitative estimate of drug-likeness (QED) is 0.555. The van der Waals surface area contributed by atoms with Gasteiger partial charge < -0.3 is 21.3 Å². The second-order valence-corrected chi connectivity index (χ2v) is 9.16. The summed E-state index contributed by atoms with van der Waals surface area (Å²) in [5.41, 5.74) is 12.8. The average molecular weight is 434 g/mol. The third-order valence-corrected chi connectivity index (χ3v) is 7.10. The van der Waals surface area contributed by atoms with Crippen molar-refractivity contribution in [2.24, 2.45) is 0 Å². The Kier molecular flexibility index (Phi) is 5.38. The Bertz CT molecular complexity index is 1160. The number of benzene rings is 1. The summed E-state index contributed by atoms with van der Waals surface area (Å²) in [6, 6.07) is 10.7. The van der Waals surface area contributed by atoms with Crippen molar-refractivity contribution in [3.05, 3.63) is 58.1 Å². The summed E-state index contributed by atoms with van der Waals surface area (Å²) in [4.78, 5) is 21.2. The van der Waals surface area contributed by atoms with Crippen LogP contribution in [0, 0.1) is 6.92 Å². The molecule has 1 aliphatic carbocycles. The van der Waals surface area contributed by atoms with Gasteiger partial charge in [0.05, 0.1) is 5.69 Å². The number of aryl methyl sites for hydroxylation is 1. The van der Waals surface area contributed by atoms with E-state index in [1.807, 2.05) is 6.92 Å². The lowest BCUT2D eigenvalue weighted by Crippen LogP contribution is -2.43. The number of nitrogens with zero attached hydrogens (tertiary/aromatic N) is 2. The number of hydrogen-bond acceptors (Lipinski definition) is 6. The molecule has 1 aliphatic heterocycles. The molecule has 0 bridgehead atoms. The van der Waals surface area contributed by atoms with Gasteiger partial charge in [-0.1, -0.05) is 18.2 Å². The van der Waals surface area contributed by atoms with Crippen LogP contribution in [0.15, 0.2) is 36.4 Å². The zero-order valence-corrected chi connectivity index (χ0v) is 18.5. The number of hydrogen-bond donors (Lipinski definition) is 3. The van der Waals surface area contributed by atoms with E-state index in [9.17, 15) is 4.79 Å². The van der Waals surface area contributed by atoms with Gasteiger partial charge in [-0.05, 0) is 54.7 Å². The minimum Gasteiger partial charge on any atom is -0.397 e. The molecule has 7 heteroatoms. The molecule has 1 aromatic carbocycles. The zero-order chi connectivity index (χ0) is 21.4. The van der Waals surface area contributed by atoms with Crippen LogP contribution in [-0.2, 0) is 6.42 Å². The van der Waals surface area contributed by atoms with Gasteiger partial charge in [-0.15, -0.1) is 11.3 Å². The van der Waals surface area contributed by atoms with Gasteiger partial charge in [-0.25, -0.2) is 4.98 Å². The molecule has 1 fully saturated rings. The highest BCUT2D eigenvalue weighted by molar-refractivity contribution is 7.21. The molecule has 0 atom stereocenters. The normalized spacial score (nSPS) is 15.8. The number of piperazine rings is 1. The number of carbonyl (C=O) groups excluding carboxylic acids is 1. The van der Waals surface area contributed by atoms with Crippen molar-refractivity contribution in [1.82, 2.24) is 15.6 Å². The Morgan fingerprint density at radius 2 is 2.00 bits per heavy atom. The van der Waals surface area contributed by atoms with Gasteiger partial charge in [0.1, 0.15) is 9.71 Å². The van der Waals surface area contributed by atoms with Crippen LogP contribution in [0.3, 0.4) is 0 Å². The molecule has 2 aromatic heterocycles. The van der Waals surface area contributed by atoms with Crippen LogP contribution >= 0.6 is 11.3 Å². The molecule has 2 aliphatic rings. The maximum absolute atomic E-state index is 12.8. The fraction of sp³-hybridized carbons (Fsp3) is 0.333. The molecular weight excluding hydrogens is 406 g/mol. The summed E-state index contributed by atoms with van der Waals surface area (Å²) in [5.74, 6) is -0.122. The minimum atomic E-state index is -0.122.